The molecule has 1 atom stereocenters. The summed E-state index contributed by atoms with van der Waals surface area (Å²) in [5.41, 5.74) is 4.21. The van der Waals surface area contributed by atoms with Crippen LogP contribution < -0.4 is 14.8 Å². The third-order valence-corrected chi connectivity index (χ3v) is 4.97. The van der Waals surface area contributed by atoms with E-state index < -0.39 is 0 Å². The number of nitrogens with zero attached hydrogens (tertiary/aromatic N) is 1. The molecule has 0 spiro atoms. The van der Waals surface area contributed by atoms with Crippen LogP contribution in [-0.2, 0) is 13.0 Å². The lowest BCUT2D eigenvalue weighted by atomic mass is 10.0. The molecule has 0 bridgehead atoms. The van der Waals surface area contributed by atoms with E-state index >= 15 is 0 Å². The van der Waals surface area contributed by atoms with Gasteiger partial charge in [0.15, 0.2) is 11.5 Å². The van der Waals surface area contributed by atoms with E-state index in [1.54, 1.807) is 25.4 Å². The molecule has 0 amide bonds. The minimum atomic E-state index is -0.236. The minimum absolute atomic E-state index is 0.108. The highest BCUT2D eigenvalue weighted by Crippen LogP contribution is 2.36. The Kier molecular flexibility index (Phi) is 5.53. The number of halogens is 1. The summed E-state index contributed by atoms with van der Waals surface area (Å²) < 4.78 is 24.7. The average Bonchev–Trinajstić information content (AvgIpc) is 2.74. The second kappa shape index (κ2) is 8.40. The first-order valence-electron chi connectivity index (χ1n) is 9.46. The topological polar surface area (TPSA) is 43.4 Å². The van der Waals surface area contributed by atoms with Crippen molar-refractivity contribution in [1.82, 2.24) is 10.3 Å². The van der Waals surface area contributed by atoms with Crippen molar-refractivity contribution in [3.63, 3.8) is 0 Å². The van der Waals surface area contributed by atoms with Gasteiger partial charge in [-0.05, 0) is 53.8 Å². The SMILES string of the molecule is COc1cccc2c1O[C@H](CNCc1cncc(-c3ccc(F)cc3)c1)CC2. The monoisotopic (exact) mass is 378 g/mol. The van der Waals surface area contributed by atoms with Crippen molar-refractivity contribution in [3.8, 4) is 22.6 Å². The van der Waals surface area contributed by atoms with Crippen LogP contribution in [0.4, 0.5) is 4.39 Å². The van der Waals surface area contributed by atoms with Crippen LogP contribution in [0.1, 0.15) is 17.5 Å². The standard InChI is InChI=1S/C23H23FN2O2/c1-27-22-4-2-3-18-7-10-21(28-23(18)22)15-26-13-16-11-19(14-25-12-16)17-5-8-20(24)9-6-17/h2-6,8-9,11-12,14,21,26H,7,10,13,15H2,1H3/t21-/m0/s1. The zero-order valence-electron chi connectivity index (χ0n) is 15.8. The van der Waals surface area contributed by atoms with Crippen LogP contribution in [0.3, 0.4) is 0 Å². The first kappa shape index (κ1) is 18.4. The van der Waals surface area contributed by atoms with Gasteiger partial charge in [0.2, 0.25) is 0 Å². The normalized spacial score (nSPS) is 15.6. The van der Waals surface area contributed by atoms with Crippen LogP contribution in [0.5, 0.6) is 11.5 Å². The highest BCUT2D eigenvalue weighted by molar-refractivity contribution is 5.62. The summed E-state index contributed by atoms with van der Waals surface area (Å²) >= 11 is 0. The van der Waals surface area contributed by atoms with E-state index in [9.17, 15) is 4.39 Å². The third kappa shape index (κ3) is 4.15. The molecular formula is C23H23FN2O2. The number of nitrogens with one attached hydrogen (secondary N) is 1. The number of rotatable bonds is 6. The fourth-order valence-electron chi connectivity index (χ4n) is 3.50. The summed E-state index contributed by atoms with van der Waals surface area (Å²) in [4.78, 5) is 4.32. The summed E-state index contributed by atoms with van der Waals surface area (Å²) in [6, 6.07) is 14.6. The number of aromatic nitrogens is 1. The van der Waals surface area contributed by atoms with Gasteiger partial charge in [0.1, 0.15) is 11.9 Å². The molecule has 4 nitrogen and oxygen atoms in total. The molecule has 3 aromatic rings. The lowest BCUT2D eigenvalue weighted by Gasteiger charge is -2.27. The molecule has 0 saturated heterocycles. The van der Waals surface area contributed by atoms with Crippen molar-refractivity contribution < 1.29 is 13.9 Å². The molecule has 0 aliphatic carbocycles. The van der Waals surface area contributed by atoms with Gasteiger partial charge in [-0.25, -0.2) is 4.39 Å². The second-order valence-electron chi connectivity index (χ2n) is 6.95. The maximum absolute atomic E-state index is 13.1. The highest BCUT2D eigenvalue weighted by Gasteiger charge is 2.22. The zero-order chi connectivity index (χ0) is 19.3. The fourth-order valence-corrected chi connectivity index (χ4v) is 3.50. The van der Waals surface area contributed by atoms with E-state index in [1.807, 2.05) is 18.3 Å². The van der Waals surface area contributed by atoms with E-state index in [-0.39, 0.29) is 11.9 Å². The van der Waals surface area contributed by atoms with Crippen LogP contribution >= 0.6 is 0 Å². The van der Waals surface area contributed by atoms with Crippen LogP contribution in [-0.4, -0.2) is 24.7 Å². The Morgan fingerprint density at radius 3 is 2.82 bits per heavy atom. The Bertz CT molecular complexity index is 929. The van der Waals surface area contributed by atoms with Gasteiger partial charge < -0.3 is 14.8 Å². The number of hydrogen-bond acceptors (Lipinski definition) is 4. The Labute approximate surface area is 164 Å². The van der Waals surface area contributed by atoms with E-state index in [0.29, 0.717) is 6.54 Å². The quantitative estimate of drug-likeness (QED) is 0.691. The number of fused-ring (bicyclic) bond motifs is 1. The van der Waals surface area contributed by atoms with Gasteiger partial charge in [-0.15, -0.1) is 0 Å². The first-order chi connectivity index (χ1) is 13.7. The summed E-state index contributed by atoms with van der Waals surface area (Å²) in [6.07, 6.45) is 5.71. The number of hydrogen-bond donors (Lipinski definition) is 1. The molecule has 0 unspecified atom stereocenters. The van der Waals surface area contributed by atoms with E-state index in [1.165, 1.54) is 17.7 Å². The third-order valence-electron chi connectivity index (χ3n) is 4.97. The lowest BCUT2D eigenvalue weighted by Crippen LogP contribution is -2.34. The van der Waals surface area contributed by atoms with Crippen LogP contribution in [0.25, 0.3) is 11.1 Å². The van der Waals surface area contributed by atoms with Gasteiger partial charge in [-0.1, -0.05) is 24.3 Å². The van der Waals surface area contributed by atoms with Crippen LogP contribution in [0, 0.1) is 5.82 Å². The predicted molar refractivity (Wildman–Crippen MR) is 107 cm³/mol. The molecule has 1 N–H and O–H groups in total. The zero-order valence-corrected chi connectivity index (χ0v) is 15.8. The molecule has 2 heterocycles. The number of aryl methyl sites for hydroxylation is 1. The molecule has 0 fully saturated rings. The summed E-state index contributed by atoms with van der Waals surface area (Å²) in [5.74, 6) is 1.42. The van der Waals surface area contributed by atoms with Crippen molar-refractivity contribution in [1.29, 1.82) is 0 Å². The Morgan fingerprint density at radius 1 is 1.14 bits per heavy atom. The van der Waals surface area contributed by atoms with Gasteiger partial charge in [0.05, 0.1) is 7.11 Å². The molecular weight excluding hydrogens is 355 g/mol. The molecule has 1 aliphatic heterocycles. The number of pyridine rings is 1. The molecule has 0 saturated carbocycles. The van der Waals surface area contributed by atoms with Crippen molar-refractivity contribution in [3.05, 3.63) is 77.9 Å². The molecule has 28 heavy (non-hydrogen) atoms. The predicted octanol–water partition coefficient (Wildman–Crippen LogP) is 4.38. The lowest BCUT2D eigenvalue weighted by molar-refractivity contribution is 0.163. The Balaban J connectivity index is 1.36. The Morgan fingerprint density at radius 2 is 2.00 bits per heavy atom. The Hall–Kier alpha value is -2.92. The molecule has 1 aromatic heterocycles. The summed E-state index contributed by atoms with van der Waals surface area (Å²) in [5, 5.41) is 3.46. The molecule has 4 rings (SSSR count). The highest BCUT2D eigenvalue weighted by atomic mass is 19.1. The molecule has 0 radical (unpaired) electrons. The van der Waals surface area contributed by atoms with Gasteiger partial charge in [0.25, 0.3) is 0 Å². The van der Waals surface area contributed by atoms with Crippen molar-refractivity contribution in [2.75, 3.05) is 13.7 Å². The maximum atomic E-state index is 13.1. The maximum Gasteiger partial charge on any atom is 0.164 e. The van der Waals surface area contributed by atoms with Gasteiger partial charge in [0, 0.05) is 31.0 Å². The number of benzene rings is 2. The van der Waals surface area contributed by atoms with Gasteiger partial charge in [-0.2, -0.15) is 0 Å². The smallest absolute Gasteiger partial charge is 0.164 e. The minimum Gasteiger partial charge on any atom is -0.493 e. The van der Waals surface area contributed by atoms with Crippen LogP contribution in [0.15, 0.2) is 60.9 Å². The van der Waals surface area contributed by atoms with Gasteiger partial charge in [-0.3, -0.25) is 4.98 Å². The van der Waals surface area contributed by atoms with Gasteiger partial charge >= 0.3 is 0 Å². The second-order valence-corrected chi connectivity index (χ2v) is 6.95. The average molecular weight is 378 g/mol. The van der Waals surface area contributed by atoms with Crippen molar-refractivity contribution in [2.45, 2.75) is 25.5 Å². The van der Waals surface area contributed by atoms with Crippen LogP contribution in [0.2, 0.25) is 0 Å². The van der Waals surface area contributed by atoms with Crippen molar-refractivity contribution in [2.24, 2.45) is 0 Å². The van der Waals surface area contributed by atoms with E-state index in [4.69, 9.17) is 9.47 Å². The summed E-state index contributed by atoms with van der Waals surface area (Å²) in [7, 11) is 1.67. The van der Waals surface area contributed by atoms with Crippen molar-refractivity contribution >= 4 is 0 Å². The molecule has 2 aromatic carbocycles. The number of ether oxygens (including phenoxy) is 2. The fraction of sp³-hybridized carbons (Fsp3) is 0.261. The summed E-state index contributed by atoms with van der Waals surface area (Å²) in [6.45, 7) is 1.44. The molecule has 1 aliphatic rings. The number of para-hydroxylation sites is 1. The largest absolute Gasteiger partial charge is 0.493 e. The number of methoxy groups -OCH3 is 1. The first-order valence-corrected chi connectivity index (χ1v) is 9.46. The molecule has 5 heteroatoms. The molecule has 144 valence electrons. The van der Waals surface area contributed by atoms with E-state index in [2.05, 4.69) is 22.4 Å². The van der Waals surface area contributed by atoms with E-state index in [0.717, 1.165) is 47.6 Å².